The fourth-order valence-electron chi connectivity index (χ4n) is 3.39. The van der Waals surface area contributed by atoms with Crippen LogP contribution in [0.4, 0.5) is 9.59 Å². The molecule has 1 N–H and O–H groups in total. The first kappa shape index (κ1) is 17.5. The van der Waals surface area contributed by atoms with E-state index in [4.69, 9.17) is 4.74 Å². The number of nitrogens with one attached hydrogen (secondary N) is 1. The quantitative estimate of drug-likeness (QED) is 0.719. The molecule has 1 saturated carbocycles. The van der Waals surface area contributed by atoms with Crippen LogP contribution in [0.1, 0.15) is 26.7 Å². The van der Waals surface area contributed by atoms with E-state index in [0.29, 0.717) is 32.8 Å². The molecule has 0 unspecified atom stereocenters. The van der Waals surface area contributed by atoms with Crippen molar-refractivity contribution in [1.29, 1.82) is 0 Å². The number of hydrogen-bond donors (Lipinski definition) is 1. The van der Waals surface area contributed by atoms with Crippen LogP contribution in [-0.4, -0.2) is 83.5 Å². The van der Waals surface area contributed by atoms with E-state index in [0.717, 1.165) is 17.7 Å². The molecule has 2 aliphatic heterocycles. The van der Waals surface area contributed by atoms with Gasteiger partial charge in [0.2, 0.25) is 5.91 Å². The van der Waals surface area contributed by atoms with E-state index in [2.05, 4.69) is 5.32 Å². The van der Waals surface area contributed by atoms with Gasteiger partial charge in [-0.2, -0.15) is 0 Å². The van der Waals surface area contributed by atoms with Gasteiger partial charge in [-0.1, -0.05) is 0 Å². The third-order valence-electron chi connectivity index (χ3n) is 5.15. The zero-order valence-corrected chi connectivity index (χ0v) is 14.6. The smallest absolute Gasteiger partial charge is 0.409 e. The highest BCUT2D eigenvalue weighted by molar-refractivity contribution is 6.09. The van der Waals surface area contributed by atoms with Crippen LogP contribution >= 0.6 is 0 Å². The van der Waals surface area contributed by atoms with Crippen molar-refractivity contribution in [3.63, 3.8) is 0 Å². The summed E-state index contributed by atoms with van der Waals surface area (Å²) >= 11 is 0. The standard InChI is InChI=1S/C16H24N4O5/c1-3-25-15(24)19-8-6-18(7-9-19)12(21)10-20-13(22)16(2,11-4-5-11)17-14(20)23/h11H,3-10H2,1-2H3,(H,17,23)/t16-/m0/s1. The number of carbonyl (C=O) groups excluding carboxylic acids is 4. The SMILES string of the molecule is CCOC(=O)N1CCN(C(=O)CN2C(=O)N[C@@](C)(C3CC3)C2=O)CC1. The molecule has 5 amide bonds. The first-order chi connectivity index (χ1) is 11.9. The van der Waals surface area contributed by atoms with Gasteiger partial charge in [-0.3, -0.25) is 14.5 Å². The van der Waals surface area contributed by atoms with Gasteiger partial charge >= 0.3 is 12.1 Å². The van der Waals surface area contributed by atoms with Crippen LogP contribution in [0, 0.1) is 5.92 Å². The second-order valence-corrected chi connectivity index (χ2v) is 6.86. The second-order valence-electron chi connectivity index (χ2n) is 6.86. The lowest BCUT2D eigenvalue weighted by Crippen LogP contribution is -2.53. The number of urea groups is 1. The van der Waals surface area contributed by atoms with Crippen LogP contribution in [0.15, 0.2) is 0 Å². The predicted octanol–water partition coefficient (Wildman–Crippen LogP) is 0.00760. The number of amides is 5. The van der Waals surface area contributed by atoms with Crippen molar-refractivity contribution in [3.8, 4) is 0 Å². The minimum atomic E-state index is -0.875. The summed E-state index contributed by atoms with van der Waals surface area (Å²) in [6, 6.07) is -0.502. The molecule has 9 heteroatoms. The Balaban J connectivity index is 1.54. The Morgan fingerprint density at radius 3 is 2.32 bits per heavy atom. The molecule has 0 aromatic heterocycles. The van der Waals surface area contributed by atoms with Crippen molar-refractivity contribution in [3.05, 3.63) is 0 Å². The van der Waals surface area contributed by atoms with Gasteiger partial charge < -0.3 is 19.9 Å². The molecule has 9 nitrogen and oxygen atoms in total. The maximum absolute atomic E-state index is 12.6. The summed E-state index contributed by atoms with van der Waals surface area (Å²) < 4.78 is 4.94. The van der Waals surface area contributed by atoms with Crippen molar-refractivity contribution in [1.82, 2.24) is 20.0 Å². The zero-order chi connectivity index (χ0) is 18.2. The van der Waals surface area contributed by atoms with Crippen LogP contribution < -0.4 is 5.32 Å². The van der Waals surface area contributed by atoms with E-state index >= 15 is 0 Å². The summed E-state index contributed by atoms with van der Waals surface area (Å²) in [7, 11) is 0. The Kier molecular flexibility index (Phi) is 4.57. The molecule has 0 spiro atoms. The first-order valence-corrected chi connectivity index (χ1v) is 8.70. The third-order valence-corrected chi connectivity index (χ3v) is 5.15. The minimum Gasteiger partial charge on any atom is -0.450 e. The van der Waals surface area contributed by atoms with Crippen molar-refractivity contribution >= 4 is 23.9 Å². The second kappa shape index (κ2) is 6.53. The Hall–Kier alpha value is -2.32. The number of piperazine rings is 1. The van der Waals surface area contributed by atoms with E-state index in [1.54, 1.807) is 23.6 Å². The summed E-state index contributed by atoms with van der Waals surface area (Å²) in [6.07, 6.45) is 1.45. The van der Waals surface area contributed by atoms with Crippen molar-refractivity contribution in [2.75, 3.05) is 39.3 Å². The largest absolute Gasteiger partial charge is 0.450 e. The predicted molar refractivity (Wildman–Crippen MR) is 86.5 cm³/mol. The van der Waals surface area contributed by atoms with Gasteiger partial charge in [0.1, 0.15) is 12.1 Å². The molecule has 0 aromatic carbocycles. The molecule has 1 atom stereocenters. The van der Waals surface area contributed by atoms with Gasteiger partial charge in [0.05, 0.1) is 6.61 Å². The number of nitrogens with zero attached hydrogens (tertiary/aromatic N) is 3. The first-order valence-electron chi connectivity index (χ1n) is 8.70. The molecule has 3 aliphatic rings. The van der Waals surface area contributed by atoms with E-state index in [1.165, 1.54) is 0 Å². The maximum Gasteiger partial charge on any atom is 0.409 e. The molecule has 3 fully saturated rings. The molecule has 2 saturated heterocycles. The summed E-state index contributed by atoms with van der Waals surface area (Å²) in [5.41, 5.74) is -0.875. The topological polar surface area (TPSA) is 99.3 Å². The van der Waals surface area contributed by atoms with Crippen LogP contribution in [0.5, 0.6) is 0 Å². The van der Waals surface area contributed by atoms with Crippen LogP contribution in [0.2, 0.25) is 0 Å². The Morgan fingerprint density at radius 1 is 1.16 bits per heavy atom. The fourth-order valence-corrected chi connectivity index (χ4v) is 3.39. The van der Waals surface area contributed by atoms with E-state index in [9.17, 15) is 19.2 Å². The van der Waals surface area contributed by atoms with Crippen molar-refractivity contribution in [2.24, 2.45) is 5.92 Å². The molecular weight excluding hydrogens is 328 g/mol. The minimum absolute atomic E-state index is 0.164. The molecule has 138 valence electrons. The summed E-state index contributed by atoms with van der Waals surface area (Å²) in [5, 5.41) is 2.73. The molecule has 1 aliphatic carbocycles. The van der Waals surface area contributed by atoms with Crippen molar-refractivity contribution in [2.45, 2.75) is 32.2 Å². The number of imide groups is 1. The molecular formula is C16H24N4O5. The Labute approximate surface area is 146 Å². The lowest BCUT2D eigenvalue weighted by molar-refractivity contribution is -0.139. The third kappa shape index (κ3) is 3.27. The molecule has 0 radical (unpaired) electrons. The van der Waals surface area contributed by atoms with E-state index < -0.39 is 11.6 Å². The zero-order valence-electron chi connectivity index (χ0n) is 14.6. The molecule has 0 aromatic rings. The van der Waals surface area contributed by atoms with Gasteiger partial charge in [0.25, 0.3) is 5.91 Å². The van der Waals surface area contributed by atoms with Gasteiger partial charge in [0, 0.05) is 26.2 Å². The Bertz CT molecular complexity index is 597. The fraction of sp³-hybridized carbons (Fsp3) is 0.750. The highest BCUT2D eigenvalue weighted by atomic mass is 16.6. The summed E-state index contributed by atoms with van der Waals surface area (Å²) in [4.78, 5) is 52.9. The highest BCUT2D eigenvalue weighted by Gasteiger charge is 2.56. The normalized spacial score (nSPS) is 26.7. The summed E-state index contributed by atoms with van der Waals surface area (Å²) in [5.74, 6) is -0.442. The van der Waals surface area contributed by atoms with Gasteiger partial charge in [-0.15, -0.1) is 0 Å². The molecule has 0 bridgehead atoms. The monoisotopic (exact) mass is 352 g/mol. The maximum atomic E-state index is 12.6. The number of rotatable bonds is 4. The van der Waals surface area contributed by atoms with Crippen LogP contribution in [0.3, 0.4) is 0 Å². The molecule has 2 heterocycles. The lowest BCUT2D eigenvalue weighted by Gasteiger charge is -2.34. The molecule has 3 rings (SSSR count). The van der Waals surface area contributed by atoms with Crippen LogP contribution in [-0.2, 0) is 14.3 Å². The van der Waals surface area contributed by atoms with Gasteiger partial charge in [-0.25, -0.2) is 9.59 Å². The number of carbonyl (C=O) groups is 4. The van der Waals surface area contributed by atoms with E-state index in [-0.39, 0.29) is 30.4 Å². The van der Waals surface area contributed by atoms with Gasteiger partial charge in [-0.05, 0) is 32.6 Å². The summed E-state index contributed by atoms with van der Waals surface area (Å²) in [6.45, 7) is 5.01. The Morgan fingerprint density at radius 2 is 1.76 bits per heavy atom. The molecule has 25 heavy (non-hydrogen) atoms. The van der Waals surface area contributed by atoms with E-state index in [1.807, 2.05) is 0 Å². The number of hydrogen-bond acceptors (Lipinski definition) is 5. The lowest BCUT2D eigenvalue weighted by atomic mass is 9.96. The van der Waals surface area contributed by atoms with Crippen LogP contribution in [0.25, 0.3) is 0 Å². The highest BCUT2D eigenvalue weighted by Crippen LogP contribution is 2.42. The van der Waals surface area contributed by atoms with Gasteiger partial charge in [0.15, 0.2) is 0 Å². The average Bonchev–Trinajstić information content (AvgIpc) is 3.41. The average molecular weight is 352 g/mol. The van der Waals surface area contributed by atoms with Crippen molar-refractivity contribution < 1.29 is 23.9 Å². The number of ether oxygens (including phenoxy) is 1.